The van der Waals surface area contributed by atoms with Crippen molar-refractivity contribution in [2.45, 2.75) is 11.8 Å². The summed E-state index contributed by atoms with van der Waals surface area (Å²) in [6, 6.07) is 7.21. The number of hydrogen-bond donors (Lipinski definition) is 1. The molecule has 3 rings (SSSR count). The van der Waals surface area contributed by atoms with Crippen LogP contribution in [0.2, 0.25) is 0 Å². The quantitative estimate of drug-likeness (QED) is 0.597. The summed E-state index contributed by atoms with van der Waals surface area (Å²) in [5.74, 6) is 1.62. The van der Waals surface area contributed by atoms with Gasteiger partial charge in [0.25, 0.3) is 11.1 Å². The number of nitrogens with one attached hydrogen (secondary N) is 1. The van der Waals surface area contributed by atoms with Crippen LogP contribution in [0.25, 0.3) is 0 Å². The van der Waals surface area contributed by atoms with Crippen LogP contribution in [0.5, 0.6) is 11.5 Å². The van der Waals surface area contributed by atoms with Crippen molar-refractivity contribution in [1.29, 1.82) is 0 Å². The summed E-state index contributed by atoms with van der Waals surface area (Å²) >= 11 is 2.50. The molecule has 25 heavy (non-hydrogen) atoms. The third-order valence-corrected chi connectivity index (χ3v) is 4.36. The Kier molecular flexibility index (Phi) is 5.86. The first-order valence-corrected chi connectivity index (χ1v) is 9.01. The topological polar surface area (TPSA) is 99.4 Å². The van der Waals surface area contributed by atoms with E-state index in [1.54, 1.807) is 30.8 Å². The zero-order valence-corrected chi connectivity index (χ0v) is 14.8. The predicted molar refractivity (Wildman–Crippen MR) is 93.1 cm³/mol. The number of methoxy groups -OCH3 is 1. The van der Waals surface area contributed by atoms with E-state index in [4.69, 9.17) is 13.9 Å². The molecule has 130 valence electrons. The average molecular weight is 378 g/mol. The van der Waals surface area contributed by atoms with E-state index < -0.39 is 0 Å². The molecular weight excluding hydrogens is 364 g/mol. The van der Waals surface area contributed by atoms with Crippen LogP contribution >= 0.6 is 23.1 Å². The van der Waals surface area contributed by atoms with Gasteiger partial charge in [-0.1, -0.05) is 17.8 Å². The van der Waals surface area contributed by atoms with Gasteiger partial charge in [-0.3, -0.25) is 4.79 Å². The molecule has 0 atom stereocenters. The van der Waals surface area contributed by atoms with Crippen molar-refractivity contribution in [3.05, 3.63) is 41.7 Å². The first-order chi connectivity index (χ1) is 12.2. The molecule has 0 unspecified atom stereocenters. The number of rotatable bonds is 8. The third-order valence-electron chi connectivity index (χ3n) is 2.86. The summed E-state index contributed by atoms with van der Waals surface area (Å²) in [5.41, 5.74) is 0. The molecule has 0 spiro atoms. The molecule has 2 heterocycles. The lowest BCUT2D eigenvalue weighted by Gasteiger charge is -2.05. The number of hydrogen-bond acceptors (Lipinski definition) is 9. The smallest absolute Gasteiger partial charge is 0.277 e. The van der Waals surface area contributed by atoms with Gasteiger partial charge in [0.2, 0.25) is 5.91 Å². The van der Waals surface area contributed by atoms with Gasteiger partial charge in [0, 0.05) is 17.6 Å². The SMILES string of the molecule is COc1cccc(OCc2nnc(SCC(=O)Nc3nccs3)o2)c1. The number of carbonyl (C=O) groups excluding carboxylic acids is 1. The van der Waals surface area contributed by atoms with E-state index in [9.17, 15) is 4.79 Å². The molecule has 2 aromatic heterocycles. The summed E-state index contributed by atoms with van der Waals surface area (Å²) in [5, 5.41) is 13.1. The Labute approximate surface area is 151 Å². The van der Waals surface area contributed by atoms with E-state index in [1.165, 1.54) is 11.3 Å². The fraction of sp³-hybridized carbons (Fsp3) is 0.200. The number of carbonyl (C=O) groups is 1. The standard InChI is InChI=1S/C15H14N4O4S2/c1-21-10-3-2-4-11(7-10)22-8-13-18-19-15(23-13)25-9-12(20)17-14-16-5-6-24-14/h2-7H,8-9H2,1H3,(H,16,17,20). The first kappa shape index (κ1) is 17.2. The number of thioether (sulfide) groups is 1. The van der Waals surface area contributed by atoms with Gasteiger partial charge in [0.05, 0.1) is 12.9 Å². The minimum absolute atomic E-state index is 0.131. The summed E-state index contributed by atoms with van der Waals surface area (Å²) in [6.45, 7) is 0.131. The Balaban J connectivity index is 1.46. The summed E-state index contributed by atoms with van der Waals surface area (Å²) in [4.78, 5) is 15.8. The van der Waals surface area contributed by atoms with Crippen LogP contribution in [0.4, 0.5) is 5.13 Å². The van der Waals surface area contributed by atoms with Crippen molar-refractivity contribution in [3.8, 4) is 11.5 Å². The highest BCUT2D eigenvalue weighted by molar-refractivity contribution is 7.99. The molecule has 3 aromatic rings. The Bertz CT molecular complexity index is 823. The molecule has 8 nitrogen and oxygen atoms in total. The number of nitrogens with zero attached hydrogens (tertiary/aromatic N) is 3. The summed E-state index contributed by atoms with van der Waals surface area (Å²) < 4.78 is 16.1. The maximum Gasteiger partial charge on any atom is 0.277 e. The van der Waals surface area contributed by atoms with Crippen molar-refractivity contribution >= 4 is 34.1 Å². The molecule has 0 aliphatic heterocycles. The van der Waals surface area contributed by atoms with E-state index in [1.807, 2.05) is 12.1 Å². The fourth-order valence-electron chi connectivity index (χ4n) is 1.76. The zero-order chi connectivity index (χ0) is 17.5. The van der Waals surface area contributed by atoms with Crippen molar-refractivity contribution < 1.29 is 18.7 Å². The fourth-order valence-corrected chi connectivity index (χ4v) is 2.88. The van der Waals surface area contributed by atoms with Crippen molar-refractivity contribution in [1.82, 2.24) is 15.2 Å². The normalized spacial score (nSPS) is 10.4. The van der Waals surface area contributed by atoms with E-state index >= 15 is 0 Å². The molecule has 10 heteroatoms. The molecule has 1 N–H and O–H groups in total. The van der Waals surface area contributed by atoms with Crippen LogP contribution in [0.3, 0.4) is 0 Å². The van der Waals surface area contributed by atoms with Crippen LogP contribution < -0.4 is 14.8 Å². The second-order valence-corrected chi connectivity index (χ2v) is 6.42. The molecule has 1 aromatic carbocycles. The predicted octanol–water partition coefficient (Wildman–Crippen LogP) is 2.84. The largest absolute Gasteiger partial charge is 0.497 e. The molecule has 0 fully saturated rings. The highest BCUT2D eigenvalue weighted by Crippen LogP contribution is 2.21. The molecule has 0 radical (unpaired) electrons. The third kappa shape index (κ3) is 5.19. The maximum atomic E-state index is 11.8. The molecule has 0 bridgehead atoms. The van der Waals surface area contributed by atoms with Crippen LogP contribution in [-0.2, 0) is 11.4 Å². The van der Waals surface area contributed by atoms with Crippen LogP contribution in [0.15, 0.2) is 45.5 Å². The minimum Gasteiger partial charge on any atom is -0.497 e. The molecule has 0 aliphatic carbocycles. The van der Waals surface area contributed by atoms with Gasteiger partial charge >= 0.3 is 0 Å². The van der Waals surface area contributed by atoms with E-state index in [2.05, 4.69) is 20.5 Å². The highest BCUT2D eigenvalue weighted by atomic mass is 32.2. The van der Waals surface area contributed by atoms with E-state index in [0.29, 0.717) is 27.7 Å². The molecule has 0 aliphatic rings. The van der Waals surface area contributed by atoms with Crippen molar-refractivity contribution in [2.75, 3.05) is 18.2 Å². The van der Waals surface area contributed by atoms with Gasteiger partial charge in [-0.05, 0) is 12.1 Å². The number of amides is 1. The van der Waals surface area contributed by atoms with E-state index in [-0.39, 0.29) is 18.3 Å². The highest BCUT2D eigenvalue weighted by Gasteiger charge is 2.11. The monoisotopic (exact) mass is 378 g/mol. The molecule has 0 saturated carbocycles. The molecule has 1 amide bonds. The van der Waals surface area contributed by atoms with Gasteiger partial charge in [-0.25, -0.2) is 4.98 Å². The molecular formula is C15H14N4O4S2. The van der Waals surface area contributed by atoms with E-state index in [0.717, 1.165) is 11.8 Å². The number of ether oxygens (including phenoxy) is 2. The molecule has 0 saturated heterocycles. The minimum atomic E-state index is -0.188. The second kappa shape index (κ2) is 8.49. The van der Waals surface area contributed by atoms with Crippen LogP contribution in [0, 0.1) is 0 Å². The summed E-state index contributed by atoms with van der Waals surface area (Å²) in [6.07, 6.45) is 1.63. The Hall–Kier alpha value is -2.59. The number of benzene rings is 1. The maximum absolute atomic E-state index is 11.8. The average Bonchev–Trinajstić information content (AvgIpc) is 3.30. The second-order valence-electron chi connectivity index (χ2n) is 4.60. The van der Waals surface area contributed by atoms with Gasteiger partial charge < -0.3 is 19.2 Å². The van der Waals surface area contributed by atoms with Crippen LogP contribution in [0.1, 0.15) is 5.89 Å². The van der Waals surface area contributed by atoms with Gasteiger partial charge in [0.1, 0.15) is 11.5 Å². The number of thiazole rings is 1. The van der Waals surface area contributed by atoms with Crippen molar-refractivity contribution in [2.24, 2.45) is 0 Å². The zero-order valence-electron chi connectivity index (χ0n) is 13.2. The van der Waals surface area contributed by atoms with Crippen LogP contribution in [-0.4, -0.2) is 34.0 Å². The van der Waals surface area contributed by atoms with Gasteiger partial charge in [-0.15, -0.1) is 21.5 Å². The van der Waals surface area contributed by atoms with Crippen molar-refractivity contribution in [3.63, 3.8) is 0 Å². The lowest BCUT2D eigenvalue weighted by Crippen LogP contribution is -2.13. The lowest BCUT2D eigenvalue weighted by atomic mass is 10.3. The lowest BCUT2D eigenvalue weighted by molar-refractivity contribution is -0.113. The first-order valence-electron chi connectivity index (χ1n) is 7.14. The number of aromatic nitrogens is 3. The number of anilines is 1. The Morgan fingerprint density at radius 1 is 1.36 bits per heavy atom. The van der Waals surface area contributed by atoms with Gasteiger partial charge in [0.15, 0.2) is 11.7 Å². The Morgan fingerprint density at radius 3 is 3.04 bits per heavy atom. The summed E-state index contributed by atoms with van der Waals surface area (Å²) in [7, 11) is 1.59. The Morgan fingerprint density at radius 2 is 2.24 bits per heavy atom. The van der Waals surface area contributed by atoms with Gasteiger partial charge in [-0.2, -0.15) is 0 Å².